The van der Waals surface area contributed by atoms with E-state index in [1.54, 1.807) is 12.1 Å². The van der Waals surface area contributed by atoms with Crippen molar-refractivity contribution in [3.05, 3.63) is 42.0 Å². The van der Waals surface area contributed by atoms with E-state index in [9.17, 15) is 9.90 Å². The normalized spacial score (nSPS) is 10.4. The number of carbonyl (C=O) groups excluding carboxylic acids is 1. The van der Waals surface area contributed by atoms with Crippen molar-refractivity contribution in [3.8, 4) is 5.75 Å². The topological polar surface area (TPSA) is 37.3 Å². The molecule has 3 heteroatoms. The number of hydrogen-bond acceptors (Lipinski definition) is 2. The van der Waals surface area contributed by atoms with Gasteiger partial charge in [-0.05, 0) is 29.1 Å². The maximum absolute atomic E-state index is 10.9. The van der Waals surface area contributed by atoms with Gasteiger partial charge in [0.25, 0.3) is 5.24 Å². The fraction of sp³-hybridized carbons (Fsp3) is 0. The summed E-state index contributed by atoms with van der Waals surface area (Å²) in [5.41, 5.74) is 0.308. The quantitative estimate of drug-likeness (QED) is 0.729. The first-order valence-electron chi connectivity index (χ1n) is 4.10. The van der Waals surface area contributed by atoms with Crippen molar-refractivity contribution in [2.75, 3.05) is 0 Å². The highest BCUT2D eigenvalue weighted by Crippen LogP contribution is 2.26. The van der Waals surface area contributed by atoms with Gasteiger partial charge in [0.05, 0.1) is 0 Å². The van der Waals surface area contributed by atoms with E-state index in [2.05, 4.69) is 0 Å². The van der Waals surface area contributed by atoms with Crippen molar-refractivity contribution in [2.45, 2.75) is 0 Å². The zero-order valence-electron chi connectivity index (χ0n) is 7.20. The SMILES string of the molecule is O=C(Cl)c1cc(O)c2ccccc2c1. The second kappa shape index (κ2) is 3.31. The number of phenols is 1. The maximum atomic E-state index is 10.9. The third-order valence-electron chi connectivity index (χ3n) is 2.07. The molecule has 0 unspecified atom stereocenters. The molecule has 0 aliphatic heterocycles. The lowest BCUT2D eigenvalue weighted by Crippen LogP contribution is -1.88. The fourth-order valence-electron chi connectivity index (χ4n) is 1.40. The zero-order chi connectivity index (χ0) is 10.1. The molecule has 14 heavy (non-hydrogen) atoms. The van der Waals surface area contributed by atoms with Gasteiger partial charge in [-0.25, -0.2) is 0 Å². The van der Waals surface area contributed by atoms with Gasteiger partial charge in [0.15, 0.2) is 0 Å². The molecule has 0 radical (unpaired) electrons. The Morgan fingerprint density at radius 2 is 1.93 bits per heavy atom. The Hall–Kier alpha value is -1.54. The third kappa shape index (κ3) is 1.44. The van der Waals surface area contributed by atoms with Crippen LogP contribution in [0.5, 0.6) is 5.75 Å². The average molecular weight is 207 g/mol. The van der Waals surface area contributed by atoms with Crippen molar-refractivity contribution in [2.24, 2.45) is 0 Å². The van der Waals surface area contributed by atoms with Crippen LogP contribution in [0.2, 0.25) is 0 Å². The van der Waals surface area contributed by atoms with E-state index in [4.69, 9.17) is 11.6 Å². The van der Waals surface area contributed by atoms with Crippen LogP contribution in [-0.4, -0.2) is 10.3 Å². The van der Waals surface area contributed by atoms with Crippen molar-refractivity contribution in [3.63, 3.8) is 0 Å². The highest BCUT2D eigenvalue weighted by atomic mass is 35.5. The Morgan fingerprint density at radius 1 is 1.21 bits per heavy atom. The predicted octanol–water partition coefficient (Wildman–Crippen LogP) is 2.92. The summed E-state index contributed by atoms with van der Waals surface area (Å²) >= 11 is 5.33. The number of benzene rings is 2. The number of phenolic OH excluding ortho intramolecular Hbond substituents is 1. The molecule has 0 saturated carbocycles. The molecular formula is C11H7ClO2. The molecule has 0 amide bonds. The van der Waals surface area contributed by atoms with Crippen LogP contribution in [0, 0.1) is 0 Å². The molecule has 0 atom stereocenters. The molecular weight excluding hydrogens is 200 g/mol. The van der Waals surface area contributed by atoms with Crippen LogP contribution in [0.15, 0.2) is 36.4 Å². The first-order valence-corrected chi connectivity index (χ1v) is 4.48. The van der Waals surface area contributed by atoms with Gasteiger partial charge in [0.2, 0.25) is 0 Å². The molecule has 2 aromatic carbocycles. The van der Waals surface area contributed by atoms with E-state index >= 15 is 0 Å². The van der Waals surface area contributed by atoms with Crippen LogP contribution in [0.1, 0.15) is 10.4 Å². The second-order valence-electron chi connectivity index (χ2n) is 2.99. The van der Waals surface area contributed by atoms with Gasteiger partial charge >= 0.3 is 0 Å². The Bertz CT molecular complexity index is 506. The minimum Gasteiger partial charge on any atom is -0.507 e. The van der Waals surface area contributed by atoms with Crippen molar-refractivity contribution < 1.29 is 9.90 Å². The van der Waals surface area contributed by atoms with Crippen LogP contribution in [0.4, 0.5) is 0 Å². The van der Waals surface area contributed by atoms with E-state index in [0.717, 1.165) is 5.39 Å². The van der Waals surface area contributed by atoms with E-state index in [1.807, 2.05) is 18.2 Å². The lowest BCUT2D eigenvalue weighted by Gasteiger charge is -2.02. The van der Waals surface area contributed by atoms with Crippen LogP contribution in [-0.2, 0) is 0 Å². The Balaban J connectivity index is 2.78. The number of aromatic hydroxyl groups is 1. The standard InChI is InChI=1S/C11H7ClO2/c12-11(14)8-5-7-3-1-2-4-9(7)10(13)6-8/h1-6,13H. The van der Waals surface area contributed by atoms with Gasteiger partial charge < -0.3 is 5.11 Å². The monoisotopic (exact) mass is 206 g/mol. The van der Waals surface area contributed by atoms with Gasteiger partial charge in [-0.2, -0.15) is 0 Å². The highest BCUT2D eigenvalue weighted by molar-refractivity contribution is 6.67. The summed E-state index contributed by atoms with van der Waals surface area (Å²) in [5.74, 6) is 0.0760. The summed E-state index contributed by atoms with van der Waals surface area (Å²) in [6.07, 6.45) is 0. The summed E-state index contributed by atoms with van der Waals surface area (Å²) in [4.78, 5) is 10.9. The molecule has 0 aliphatic carbocycles. The predicted molar refractivity (Wildman–Crippen MR) is 55.8 cm³/mol. The van der Waals surface area contributed by atoms with Crippen LogP contribution in [0.25, 0.3) is 10.8 Å². The molecule has 0 fully saturated rings. The van der Waals surface area contributed by atoms with Gasteiger partial charge in [-0.1, -0.05) is 24.3 Å². The molecule has 0 bridgehead atoms. The number of hydrogen-bond donors (Lipinski definition) is 1. The van der Waals surface area contributed by atoms with Crippen LogP contribution in [0.3, 0.4) is 0 Å². The molecule has 70 valence electrons. The maximum Gasteiger partial charge on any atom is 0.252 e. The summed E-state index contributed by atoms with van der Waals surface area (Å²) in [6, 6.07) is 10.3. The Labute approximate surface area is 85.7 Å². The van der Waals surface area contributed by atoms with E-state index in [0.29, 0.717) is 10.9 Å². The van der Waals surface area contributed by atoms with Crippen LogP contribution < -0.4 is 0 Å². The average Bonchev–Trinajstić information content (AvgIpc) is 2.17. The first-order chi connectivity index (χ1) is 6.68. The van der Waals surface area contributed by atoms with Gasteiger partial charge in [-0.3, -0.25) is 4.79 Å². The lowest BCUT2D eigenvalue weighted by atomic mass is 10.1. The number of fused-ring (bicyclic) bond motifs is 1. The van der Waals surface area contributed by atoms with Gasteiger partial charge in [0.1, 0.15) is 5.75 Å². The molecule has 0 heterocycles. The third-order valence-corrected chi connectivity index (χ3v) is 2.29. The Morgan fingerprint density at radius 3 is 2.64 bits per heavy atom. The van der Waals surface area contributed by atoms with E-state index < -0.39 is 5.24 Å². The highest BCUT2D eigenvalue weighted by Gasteiger charge is 2.06. The van der Waals surface area contributed by atoms with Crippen molar-refractivity contribution in [1.29, 1.82) is 0 Å². The molecule has 0 spiro atoms. The van der Waals surface area contributed by atoms with Crippen molar-refractivity contribution in [1.82, 2.24) is 0 Å². The van der Waals surface area contributed by atoms with E-state index in [1.165, 1.54) is 6.07 Å². The minimum absolute atomic E-state index is 0.0760. The fourth-order valence-corrected chi connectivity index (χ4v) is 1.51. The molecule has 2 aromatic rings. The molecule has 0 saturated heterocycles. The van der Waals surface area contributed by atoms with Gasteiger partial charge in [-0.15, -0.1) is 0 Å². The summed E-state index contributed by atoms with van der Waals surface area (Å²) in [7, 11) is 0. The van der Waals surface area contributed by atoms with E-state index in [-0.39, 0.29) is 5.75 Å². The lowest BCUT2D eigenvalue weighted by molar-refractivity contribution is 0.108. The van der Waals surface area contributed by atoms with Crippen molar-refractivity contribution >= 4 is 27.6 Å². The minimum atomic E-state index is -0.564. The van der Waals surface area contributed by atoms with Crippen LogP contribution >= 0.6 is 11.6 Å². The number of carbonyl (C=O) groups is 1. The molecule has 0 aromatic heterocycles. The Kier molecular flexibility index (Phi) is 2.14. The molecule has 0 aliphatic rings. The molecule has 2 nitrogen and oxygen atoms in total. The molecule has 1 N–H and O–H groups in total. The smallest absolute Gasteiger partial charge is 0.252 e. The summed E-state index contributed by atoms with van der Waals surface area (Å²) in [5, 5.41) is 10.5. The number of rotatable bonds is 1. The summed E-state index contributed by atoms with van der Waals surface area (Å²) in [6.45, 7) is 0. The van der Waals surface area contributed by atoms with Gasteiger partial charge in [0, 0.05) is 10.9 Å². The molecule has 2 rings (SSSR count). The largest absolute Gasteiger partial charge is 0.507 e. The second-order valence-corrected chi connectivity index (χ2v) is 3.33. The first kappa shape index (κ1) is 9.03. The summed E-state index contributed by atoms with van der Waals surface area (Å²) < 4.78 is 0. The number of halogens is 1. The zero-order valence-corrected chi connectivity index (χ0v) is 7.95.